The Balaban J connectivity index is 2.50. The quantitative estimate of drug-likeness (QED) is 0.846. The van der Waals surface area contributed by atoms with Crippen molar-refractivity contribution >= 4 is 33.6 Å². The monoisotopic (exact) mass is 301 g/mol. The number of halogens is 1. The maximum Gasteiger partial charge on any atom is 0.251 e. The molecule has 16 heavy (non-hydrogen) atoms. The van der Waals surface area contributed by atoms with Gasteiger partial charge in [-0.15, -0.1) is 0 Å². The zero-order valence-corrected chi connectivity index (χ0v) is 12.0. The Bertz CT molecular complexity index is 368. The average molecular weight is 302 g/mol. The number of nitrogens with one attached hydrogen (secondary N) is 1. The van der Waals surface area contributed by atoms with Crippen molar-refractivity contribution in [1.29, 1.82) is 0 Å². The van der Waals surface area contributed by atoms with Crippen molar-refractivity contribution in [2.75, 3.05) is 18.6 Å². The SMILES string of the molecule is CSCCCNC(=O)c1ccc(Br)c(C)c1. The fourth-order valence-corrected chi connectivity index (χ4v) is 1.99. The van der Waals surface area contributed by atoms with E-state index in [0.29, 0.717) is 0 Å². The van der Waals surface area contributed by atoms with Gasteiger partial charge in [0, 0.05) is 16.6 Å². The molecule has 1 N–H and O–H groups in total. The molecular formula is C12H16BrNOS. The molecular weight excluding hydrogens is 286 g/mol. The first-order valence-electron chi connectivity index (χ1n) is 5.18. The summed E-state index contributed by atoms with van der Waals surface area (Å²) < 4.78 is 1.03. The van der Waals surface area contributed by atoms with Gasteiger partial charge < -0.3 is 5.32 Å². The summed E-state index contributed by atoms with van der Waals surface area (Å²) in [5, 5.41) is 2.91. The fourth-order valence-electron chi connectivity index (χ4n) is 1.31. The summed E-state index contributed by atoms with van der Waals surface area (Å²) in [4.78, 5) is 11.7. The number of aryl methyl sites for hydroxylation is 1. The largest absolute Gasteiger partial charge is 0.352 e. The fraction of sp³-hybridized carbons (Fsp3) is 0.417. The van der Waals surface area contributed by atoms with Gasteiger partial charge in [0.15, 0.2) is 0 Å². The van der Waals surface area contributed by atoms with Gasteiger partial charge >= 0.3 is 0 Å². The van der Waals surface area contributed by atoms with Gasteiger partial charge in [-0.25, -0.2) is 0 Å². The Morgan fingerprint density at radius 2 is 2.25 bits per heavy atom. The van der Waals surface area contributed by atoms with E-state index in [-0.39, 0.29) is 5.91 Å². The standard InChI is InChI=1S/C12H16BrNOS/c1-9-8-10(4-5-11(9)13)12(15)14-6-3-7-16-2/h4-5,8H,3,6-7H2,1-2H3,(H,14,15). The van der Waals surface area contributed by atoms with E-state index in [4.69, 9.17) is 0 Å². The lowest BCUT2D eigenvalue weighted by atomic mass is 10.1. The lowest BCUT2D eigenvalue weighted by Crippen LogP contribution is -2.24. The van der Waals surface area contributed by atoms with Crippen LogP contribution in [0.25, 0.3) is 0 Å². The molecule has 88 valence electrons. The third-order valence-electron chi connectivity index (χ3n) is 2.23. The summed E-state index contributed by atoms with van der Waals surface area (Å²) in [6.07, 6.45) is 3.09. The van der Waals surface area contributed by atoms with E-state index < -0.39 is 0 Å². The molecule has 2 nitrogen and oxygen atoms in total. The van der Waals surface area contributed by atoms with Gasteiger partial charge in [-0.2, -0.15) is 11.8 Å². The predicted octanol–water partition coefficient (Wildman–Crippen LogP) is 3.24. The van der Waals surface area contributed by atoms with Gasteiger partial charge in [0.05, 0.1) is 0 Å². The van der Waals surface area contributed by atoms with Crippen molar-refractivity contribution in [2.24, 2.45) is 0 Å². The number of carbonyl (C=O) groups excluding carboxylic acids is 1. The average Bonchev–Trinajstić information content (AvgIpc) is 2.28. The molecule has 0 unspecified atom stereocenters. The highest BCUT2D eigenvalue weighted by molar-refractivity contribution is 9.10. The van der Waals surface area contributed by atoms with Crippen LogP contribution in [0.1, 0.15) is 22.3 Å². The smallest absolute Gasteiger partial charge is 0.251 e. The van der Waals surface area contributed by atoms with Gasteiger partial charge in [0.1, 0.15) is 0 Å². The van der Waals surface area contributed by atoms with Crippen molar-refractivity contribution < 1.29 is 4.79 Å². The van der Waals surface area contributed by atoms with Crippen molar-refractivity contribution in [3.8, 4) is 0 Å². The molecule has 0 aliphatic heterocycles. The minimum absolute atomic E-state index is 0.0108. The second kappa shape index (κ2) is 6.97. The maximum absolute atomic E-state index is 11.7. The number of hydrogen-bond donors (Lipinski definition) is 1. The highest BCUT2D eigenvalue weighted by atomic mass is 79.9. The van der Waals surface area contributed by atoms with E-state index in [1.165, 1.54) is 0 Å². The Hall–Kier alpha value is -0.480. The number of benzene rings is 1. The molecule has 0 saturated heterocycles. The second-order valence-electron chi connectivity index (χ2n) is 3.57. The van der Waals surface area contributed by atoms with Crippen LogP contribution < -0.4 is 5.32 Å². The van der Waals surface area contributed by atoms with Crippen LogP contribution in [0.15, 0.2) is 22.7 Å². The molecule has 0 bridgehead atoms. The molecule has 4 heteroatoms. The minimum Gasteiger partial charge on any atom is -0.352 e. The van der Waals surface area contributed by atoms with Crippen LogP contribution in [0.5, 0.6) is 0 Å². The Morgan fingerprint density at radius 3 is 2.88 bits per heavy atom. The molecule has 0 aliphatic carbocycles. The first-order chi connectivity index (χ1) is 7.65. The third kappa shape index (κ3) is 4.18. The third-order valence-corrected chi connectivity index (χ3v) is 3.82. The summed E-state index contributed by atoms with van der Waals surface area (Å²) >= 11 is 5.21. The molecule has 0 radical (unpaired) electrons. The number of carbonyl (C=O) groups is 1. The van der Waals surface area contributed by atoms with Gasteiger partial charge in [-0.3, -0.25) is 4.79 Å². The molecule has 1 aromatic rings. The molecule has 0 aromatic heterocycles. The summed E-state index contributed by atoms with van der Waals surface area (Å²) in [6, 6.07) is 5.64. The van der Waals surface area contributed by atoms with Gasteiger partial charge in [0.25, 0.3) is 5.91 Å². The zero-order valence-electron chi connectivity index (χ0n) is 9.55. The lowest BCUT2D eigenvalue weighted by molar-refractivity contribution is 0.0953. The normalized spacial score (nSPS) is 10.2. The highest BCUT2D eigenvalue weighted by Gasteiger charge is 2.05. The molecule has 0 heterocycles. The lowest BCUT2D eigenvalue weighted by Gasteiger charge is -2.06. The molecule has 0 spiro atoms. The predicted molar refractivity (Wildman–Crippen MR) is 74.2 cm³/mol. The van der Waals surface area contributed by atoms with Crippen molar-refractivity contribution in [2.45, 2.75) is 13.3 Å². The number of hydrogen-bond acceptors (Lipinski definition) is 2. The van der Waals surface area contributed by atoms with Crippen LogP contribution in [-0.2, 0) is 0 Å². The summed E-state index contributed by atoms with van der Waals surface area (Å²) in [7, 11) is 0. The Morgan fingerprint density at radius 1 is 1.50 bits per heavy atom. The molecule has 0 atom stereocenters. The summed E-state index contributed by atoms with van der Waals surface area (Å²) in [6.45, 7) is 2.73. The first-order valence-corrected chi connectivity index (χ1v) is 7.37. The second-order valence-corrected chi connectivity index (χ2v) is 5.41. The molecule has 1 rings (SSSR count). The van der Waals surface area contributed by atoms with Crippen LogP contribution >= 0.6 is 27.7 Å². The summed E-state index contributed by atoms with van der Waals surface area (Å²) in [5.41, 5.74) is 1.81. The van der Waals surface area contributed by atoms with E-state index in [0.717, 1.165) is 34.3 Å². The van der Waals surface area contributed by atoms with E-state index in [2.05, 4.69) is 27.5 Å². The van der Waals surface area contributed by atoms with E-state index in [9.17, 15) is 4.79 Å². The van der Waals surface area contributed by atoms with E-state index >= 15 is 0 Å². The number of rotatable bonds is 5. The van der Waals surface area contributed by atoms with Gasteiger partial charge in [-0.1, -0.05) is 15.9 Å². The van der Waals surface area contributed by atoms with Crippen LogP contribution in [-0.4, -0.2) is 24.5 Å². The van der Waals surface area contributed by atoms with Crippen LogP contribution in [0.4, 0.5) is 0 Å². The molecule has 1 aromatic carbocycles. The minimum atomic E-state index is 0.0108. The topological polar surface area (TPSA) is 29.1 Å². The zero-order chi connectivity index (χ0) is 12.0. The van der Waals surface area contributed by atoms with Crippen molar-refractivity contribution in [3.05, 3.63) is 33.8 Å². The van der Waals surface area contributed by atoms with Crippen molar-refractivity contribution in [1.82, 2.24) is 5.32 Å². The van der Waals surface area contributed by atoms with Gasteiger partial charge in [0.2, 0.25) is 0 Å². The molecule has 0 fully saturated rings. The Labute approximate surface area is 109 Å². The maximum atomic E-state index is 11.7. The van der Waals surface area contributed by atoms with Crippen LogP contribution in [0, 0.1) is 6.92 Å². The van der Waals surface area contributed by atoms with Gasteiger partial charge in [-0.05, 0) is 49.1 Å². The first kappa shape index (κ1) is 13.6. The highest BCUT2D eigenvalue weighted by Crippen LogP contribution is 2.16. The molecule has 0 aliphatic rings. The van der Waals surface area contributed by atoms with Crippen LogP contribution in [0.2, 0.25) is 0 Å². The van der Waals surface area contributed by atoms with E-state index in [1.807, 2.05) is 25.1 Å². The van der Waals surface area contributed by atoms with Crippen LogP contribution in [0.3, 0.4) is 0 Å². The van der Waals surface area contributed by atoms with Crippen molar-refractivity contribution in [3.63, 3.8) is 0 Å². The van der Waals surface area contributed by atoms with E-state index in [1.54, 1.807) is 11.8 Å². The number of thioether (sulfide) groups is 1. The number of amides is 1. The molecule has 0 saturated carbocycles. The molecule has 1 amide bonds. The Kier molecular flexibility index (Phi) is 5.91. The summed E-state index contributed by atoms with van der Waals surface area (Å²) in [5.74, 6) is 1.09.